The molecule has 0 spiro atoms. The molecule has 0 radical (unpaired) electrons. The van der Waals surface area contributed by atoms with E-state index in [1.54, 1.807) is 27.0 Å². The van der Waals surface area contributed by atoms with Crippen molar-refractivity contribution in [1.29, 1.82) is 0 Å². The zero-order valence-corrected chi connectivity index (χ0v) is 11.0. The quantitative estimate of drug-likeness (QED) is 0.835. The van der Waals surface area contributed by atoms with Crippen molar-refractivity contribution in [1.82, 2.24) is 25.1 Å². The third kappa shape index (κ3) is 2.70. The van der Waals surface area contributed by atoms with Gasteiger partial charge in [-0.2, -0.15) is 5.10 Å². The first-order chi connectivity index (χ1) is 8.99. The highest BCUT2D eigenvalue weighted by Crippen LogP contribution is 2.07. The maximum atomic E-state index is 12.3. The zero-order valence-electron chi connectivity index (χ0n) is 11.0. The number of aryl methyl sites for hydroxylation is 2. The SMILES string of the molecule is Cc1cc(C)c(C(=O)N(C)Cc2ncn[nH]2)c(=O)[nH]1. The minimum absolute atomic E-state index is 0.160. The Kier molecular flexibility index (Phi) is 3.46. The van der Waals surface area contributed by atoms with E-state index in [0.717, 1.165) is 5.69 Å². The molecule has 0 bridgehead atoms. The molecule has 2 heterocycles. The van der Waals surface area contributed by atoms with Crippen LogP contribution in [0.4, 0.5) is 0 Å². The van der Waals surface area contributed by atoms with Crippen LogP contribution in [0.3, 0.4) is 0 Å². The molecule has 0 saturated carbocycles. The van der Waals surface area contributed by atoms with Crippen LogP contribution in [-0.4, -0.2) is 38.0 Å². The first-order valence-corrected chi connectivity index (χ1v) is 5.79. The Bertz CT molecular complexity index is 645. The van der Waals surface area contributed by atoms with Crippen molar-refractivity contribution in [3.63, 3.8) is 0 Å². The van der Waals surface area contributed by atoms with Crippen LogP contribution in [0.25, 0.3) is 0 Å². The van der Waals surface area contributed by atoms with Gasteiger partial charge in [0.25, 0.3) is 11.5 Å². The molecule has 0 saturated heterocycles. The number of nitrogens with one attached hydrogen (secondary N) is 2. The van der Waals surface area contributed by atoms with Crippen molar-refractivity contribution in [3.05, 3.63) is 45.4 Å². The van der Waals surface area contributed by atoms with Gasteiger partial charge in [-0.1, -0.05) is 0 Å². The molecule has 0 aliphatic carbocycles. The Balaban J connectivity index is 2.27. The average Bonchev–Trinajstić information content (AvgIpc) is 2.80. The van der Waals surface area contributed by atoms with E-state index in [2.05, 4.69) is 20.2 Å². The molecule has 7 heteroatoms. The van der Waals surface area contributed by atoms with E-state index in [1.165, 1.54) is 11.2 Å². The van der Waals surface area contributed by atoms with Crippen LogP contribution in [0.15, 0.2) is 17.2 Å². The maximum absolute atomic E-state index is 12.3. The number of rotatable bonds is 3. The van der Waals surface area contributed by atoms with E-state index in [9.17, 15) is 9.59 Å². The summed E-state index contributed by atoms with van der Waals surface area (Å²) in [5.41, 5.74) is 1.19. The average molecular weight is 261 g/mol. The highest BCUT2D eigenvalue weighted by molar-refractivity contribution is 5.95. The first-order valence-electron chi connectivity index (χ1n) is 5.79. The van der Waals surface area contributed by atoms with Gasteiger partial charge in [-0.3, -0.25) is 14.7 Å². The van der Waals surface area contributed by atoms with E-state index in [0.29, 0.717) is 11.4 Å². The number of carbonyl (C=O) groups excluding carboxylic acids is 1. The standard InChI is InChI=1S/C12H15N5O2/c1-7-4-8(2)15-11(18)10(7)12(19)17(3)5-9-13-6-14-16-9/h4,6H,5H2,1-3H3,(H,15,18)(H,13,14,16). The lowest BCUT2D eigenvalue weighted by atomic mass is 10.1. The Morgan fingerprint density at radius 3 is 2.74 bits per heavy atom. The smallest absolute Gasteiger partial charge is 0.261 e. The van der Waals surface area contributed by atoms with E-state index in [4.69, 9.17) is 0 Å². The van der Waals surface area contributed by atoms with Gasteiger partial charge in [0.1, 0.15) is 17.7 Å². The fraction of sp³-hybridized carbons (Fsp3) is 0.333. The van der Waals surface area contributed by atoms with Gasteiger partial charge >= 0.3 is 0 Å². The van der Waals surface area contributed by atoms with Gasteiger partial charge in [0, 0.05) is 12.7 Å². The summed E-state index contributed by atoms with van der Waals surface area (Å²) in [6.07, 6.45) is 1.37. The van der Waals surface area contributed by atoms with Crippen LogP contribution in [0, 0.1) is 13.8 Å². The lowest BCUT2D eigenvalue weighted by molar-refractivity contribution is 0.0779. The number of carbonyl (C=O) groups is 1. The molecular formula is C12H15N5O2. The Labute approximate surface area is 109 Å². The second-order valence-electron chi connectivity index (χ2n) is 4.43. The van der Waals surface area contributed by atoms with Gasteiger partial charge in [-0.25, -0.2) is 4.98 Å². The molecule has 2 aromatic rings. The molecular weight excluding hydrogens is 246 g/mol. The minimum atomic E-state index is -0.369. The van der Waals surface area contributed by atoms with E-state index < -0.39 is 0 Å². The van der Waals surface area contributed by atoms with Crippen LogP contribution in [-0.2, 0) is 6.54 Å². The van der Waals surface area contributed by atoms with E-state index >= 15 is 0 Å². The number of aromatic nitrogens is 4. The summed E-state index contributed by atoms with van der Waals surface area (Å²) in [7, 11) is 1.61. The molecule has 2 N–H and O–H groups in total. The molecule has 2 rings (SSSR count). The van der Waals surface area contributed by atoms with Crippen LogP contribution in [0.5, 0.6) is 0 Å². The molecule has 2 aromatic heterocycles. The van der Waals surface area contributed by atoms with Crippen LogP contribution < -0.4 is 5.56 Å². The topological polar surface area (TPSA) is 94.7 Å². The van der Waals surface area contributed by atoms with Gasteiger partial charge in [0.05, 0.1) is 6.54 Å². The summed E-state index contributed by atoms with van der Waals surface area (Å²) in [6.45, 7) is 3.80. The van der Waals surface area contributed by atoms with Crippen molar-refractivity contribution in [2.45, 2.75) is 20.4 Å². The third-order valence-electron chi connectivity index (χ3n) is 2.78. The fourth-order valence-electron chi connectivity index (χ4n) is 1.91. The normalized spacial score (nSPS) is 10.5. The number of pyridine rings is 1. The molecule has 0 aliphatic heterocycles. The largest absolute Gasteiger partial charge is 0.334 e. The highest BCUT2D eigenvalue weighted by atomic mass is 16.2. The predicted molar refractivity (Wildman–Crippen MR) is 68.7 cm³/mol. The maximum Gasteiger partial charge on any atom is 0.261 e. The molecule has 0 atom stereocenters. The third-order valence-corrected chi connectivity index (χ3v) is 2.78. The molecule has 100 valence electrons. The van der Waals surface area contributed by atoms with Crippen molar-refractivity contribution in [2.24, 2.45) is 0 Å². The summed E-state index contributed by atoms with van der Waals surface area (Å²) in [5.74, 6) is 0.229. The lowest BCUT2D eigenvalue weighted by Gasteiger charge is -2.16. The van der Waals surface area contributed by atoms with Gasteiger partial charge in [0.15, 0.2) is 0 Å². The molecule has 0 unspecified atom stereocenters. The zero-order chi connectivity index (χ0) is 14.0. The number of hydrogen-bond donors (Lipinski definition) is 2. The van der Waals surface area contributed by atoms with Gasteiger partial charge in [-0.05, 0) is 25.5 Å². The fourth-order valence-corrected chi connectivity index (χ4v) is 1.91. The lowest BCUT2D eigenvalue weighted by Crippen LogP contribution is -2.32. The molecule has 0 fully saturated rings. The summed E-state index contributed by atoms with van der Waals surface area (Å²) in [5, 5.41) is 6.38. The number of amides is 1. The highest BCUT2D eigenvalue weighted by Gasteiger charge is 2.19. The Morgan fingerprint density at radius 2 is 2.16 bits per heavy atom. The number of aromatic amines is 2. The summed E-state index contributed by atoms with van der Waals surface area (Å²) in [4.78, 5) is 32.1. The number of hydrogen-bond acceptors (Lipinski definition) is 4. The summed E-state index contributed by atoms with van der Waals surface area (Å²) in [6, 6.07) is 1.77. The van der Waals surface area contributed by atoms with Gasteiger partial charge in [-0.15, -0.1) is 0 Å². The minimum Gasteiger partial charge on any atom is -0.334 e. The van der Waals surface area contributed by atoms with Crippen LogP contribution in [0.2, 0.25) is 0 Å². The molecule has 19 heavy (non-hydrogen) atoms. The van der Waals surface area contributed by atoms with Crippen molar-refractivity contribution in [2.75, 3.05) is 7.05 Å². The van der Waals surface area contributed by atoms with E-state index in [1.807, 2.05) is 0 Å². The molecule has 0 aromatic carbocycles. The van der Waals surface area contributed by atoms with E-state index in [-0.39, 0.29) is 23.6 Å². The van der Waals surface area contributed by atoms with Crippen LogP contribution in [0.1, 0.15) is 27.4 Å². The monoisotopic (exact) mass is 261 g/mol. The predicted octanol–water partition coefficient (Wildman–Crippen LogP) is 0.382. The van der Waals surface area contributed by atoms with Crippen LogP contribution >= 0.6 is 0 Å². The number of H-pyrrole nitrogens is 2. The van der Waals surface area contributed by atoms with Crippen molar-refractivity contribution < 1.29 is 4.79 Å². The van der Waals surface area contributed by atoms with Crippen molar-refractivity contribution >= 4 is 5.91 Å². The first kappa shape index (κ1) is 13.0. The van der Waals surface area contributed by atoms with Gasteiger partial charge < -0.3 is 9.88 Å². The number of nitrogens with zero attached hydrogens (tertiary/aromatic N) is 3. The van der Waals surface area contributed by atoms with Crippen molar-refractivity contribution in [3.8, 4) is 0 Å². The molecule has 7 nitrogen and oxygen atoms in total. The second-order valence-corrected chi connectivity index (χ2v) is 4.43. The second kappa shape index (κ2) is 5.05. The summed E-state index contributed by atoms with van der Waals surface area (Å²) < 4.78 is 0. The Morgan fingerprint density at radius 1 is 1.42 bits per heavy atom. The summed E-state index contributed by atoms with van der Waals surface area (Å²) >= 11 is 0. The molecule has 0 aliphatic rings. The molecule has 1 amide bonds. The Hall–Kier alpha value is -2.44. The van der Waals surface area contributed by atoms with Gasteiger partial charge in [0.2, 0.25) is 0 Å².